The van der Waals surface area contributed by atoms with Crippen LogP contribution in [0.25, 0.3) is 0 Å². The van der Waals surface area contributed by atoms with E-state index in [-0.39, 0.29) is 24.6 Å². The lowest BCUT2D eigenvalue weighted by atomic mass is 10.1. The molecule has 0 aliphatic carbocycles. The van der Waals surface area contributed by atoms with Crippen molar-refractivity contribution in [3.63, 3.8) is 0 Å². The van der Waals surface area contributed by atoms with E-state index in [1.54, 1.807) is 7.11 Å². The van der Waals surface area contributed by atoms with Gasteiger partial charge in [-0.25, -0.2) is 4.98 Å². The van der Waals surface area contributed by atoms with Crippen LogP contribution >= 0.6 is 0 Å². The van der Waals surface area contributed by atoms with E-state index in [1.165, 1.54) is 10.6 Å². The number of anilines is 2. The fraction of sp³-hybridized carbons (Fsp3) is 0.450. The summed E-state index contributed by atoms with van der Waals surface area (Å²) in [6.45, 7) is 5.79. The van der Waals surface area contributed by atoms with Gasteiger partial charge in [0.05, 0.1) is 12.3 Å². The van der Waals surface area contributed by atoms with E-state index in [0.29, 0.717) is 11.6 Å². The molecule has 27 heavy (non-hydrogen) atoms. The molecule has 0 spiro atoms. The SMILES string of the molecule is COCc1cc(=O)n(CC(=O)Nc2cc(C)ccc2C)c(N2CCCC2)n1. The summed E-state index contributed by atoms with van der Waals surface area (Å²) in [6, 6.07) is 7.33. The van der Waals surface area contributed by atoms with Gasteiger partial charge in [0.15, 0.2) is 0 Å². The second-order valence-corrected chi connectivity index (χ2v) is 6.97. The molecule has 1 fully saturated rings. The minimum atomic E-state index is -0.243. The normalized spacial score (nSPS) is 13.8. The maximum Gasteiger partial charge on any atom is 0.255 e. The Kier molecular flexibility index (Phi) is 5.91. The van der Waals surface area contributed by atoms with Gasteiger partial charge in [0.2, 0.25) is 11.9 Å². The largest absolute Gasteiger partial charge is 0.378 e. The number of amides is 1. The Bertz CT molecular complexity index is 885. The quantitative estimate of drug-likeness (QED) is 0.844. The van der Waals surface area contributed by atoms with Crippen molar-refractivity contribution in [3.05, 3.63) is 51.4 Å². The number of methoxy groups -OCH3 is 1. The number of hydrogen-bond acceptors (Lipinski definition) is 5. The van der Waals surface area contributed by atoms with Crippen LogP contribution in [0, 0.1) is 13.8 Å². The molecular formula is C20H26N4O3. The number of aryl methyl sites for hydroxylation is 2. The van der Waals surface area contributed by atoms with Gasteiger partial charge in [0.1, 0.15) is 6.54 Å². The fourth-order valence-corrected chi connectivity index (χ4v) is 3.27. The van der Waals surface area contributed by atoms with Crippen LogP contribution in [-0.2, 0) is 22.7 Å². The third-order valence-electron chi connectivity index (χ3n) is 4.69. The highest BCUT2D eigenvalue weighted by Crippen LogP contribution is 2.19. The van der Waals surface area contributed by atoms with E-state index in [1.807, 2.05) is 32.0 Å². The van der Waals surface area contributed by atoms with Gasteiger partial charge in [-0.15, -0.1) is 0 Å². The molecule has 144 valence electrons. The topological polar surface area (TPSA) is 76.5 Å². The van der Waals surface area contributed by atoms with Crippen LogP contribution in [0.4, 0.5) is 11.6 Å². The van der Waals surface area contributed by atoms with Gasteiger partial charge >= 0.3 is 0 Å². The molecule has 1 saturated heterocycles. The molecule has 1 amide bonds. The van der Waals surface area contributed by atoms with E-state index in [0.717, 1.165) is 42.7 Å². The molecule has 1 aromatic carbocycles. The molecular weight excluding hydrogens is 344 g/mol. The number of carbonyl (C=O) groups is 1. The molecule has 3 rings (SSSR count). The lowest BCUT2D eigenvalue weighted by molar-refractivity contribution is -0.116. The monoisotopic (exact) mass is 370 g/mol. The molecule has 1 aliphatic heterocycles. The van der Waals surface area contributed by atoms with Gasteiger partial charge in [0, 0.05) is 32.0 Å². The van der Waals surface area contributed by atoms with Crippen LogP contribution in [0.3, 0.4) is 0 Å². The minimum Gasteiger partial charge on any atom is -0.378 e. The molecule has 0 radical (unpaired) electrons. The molecule has 7 heteroatoms. The van der Waals surface area contributed by atoms with E-state index in [9.17, 15) is 9.59 Å². The zero-order valence-electron chi connectivity index (χ0n) is 16.1. The van der Waals surface area contributed by atoms with Crippen molar-refractivity contribution in [2.45, 2.75) is 39.8 Å². The van der Waals surface area contributed by atoms with E-state index in [2.05, 4.69) is 15.2 Å². The van der Waals surface area contributed by atoms with E-state index in [4.69, 9.17) is 4.74 Å². The van der Waals surface area contributed by atoms with Crippen molar-refractivity contribution in [1.29, 1.82) is 0 Å². The molecule has 7 nitrogen and oxygen atoms in total. The third kappa shape index (κ3) is 4.54. The maximum absolute atomic E-state index is 12.7. The second-order valence-electron chi connectivity index (χ2n) is 6.97. The van der Waals surface area contributed by atoms with Crippen molar-refractivity contribution in [2.75, 3.05) is 30.4 Å². The minimum absolute atomic E-state index is 0.0711. The molecule has 0 saturated carbocycles. The number of hydrogen-bond donors (Lipinski definition) is 1. The fourth-order valence-electron chi connectivity index (χ4n) is 3.27. The molecule has 1 N–H and O–H groups in total. The molecule has 1 aromatic heterocycles. The summed E-state index contributed by atoms with van der Waals surface area (Å²) in [7, 11) is 1.57. The second kappa shape index (κ2) is 8.35. The summed E-state index contributed by atoms with van der Waals surface area (Å²) in [5, 5.41) is 2.91. The number of benzene rings is 1. The smallest absolute Gasteiger partial charge is 0.255 e. The van der Waals surface area contributed by atoms with Crippen LogP contribution in [-0.4, -0.2) is 35.7 Å². The Labute approximate surface area is 159 Å². The first kappa shape index (κ1) is 19.1. The van der Waals surface area contributed by atoms with Gasteiger partial charge in [-0.2, -0.15) is 0 Å². The van der Waals surface area contributed by atoms with Crippen molar-refractivity contribution in [3.8, 4) is 0 Å². The molecule has 0 bridgehead atoms. The maximum atomic E-state index is 12.7. The highest BCUT2D eigenvalue weighted by atomic mass is 16.5. The number of aromatic nitrogens is 2. The highest BCUT2D eigenvalue weighted by molar-refractivity contribution is 5.91. The summed E-state index contributed by atoms with van der Waals surface area (Å²) in [6.07, 6.45) is 2.11. The lowest BCUT2D eigenvalue weighted by Crippen LogP contribution is -2.35. The Morgan fingerprint density at radius 3 is 2.67 bits per heavy atom. The summed E-state index contributed by atoms with van der Waals surface area (Å²) in [5.41, 5.74) is 3.15. The average Bonchev–Trinajstić information content (AvgIpc) is 3.15. The van der Waals surface area contributed by atoms with Gasteiger partial charge < -0.3 is 15.0 Å². The van der Waals surface area contributed by atoms with E-state index < -0.39 is 0 Å². The van der Waals surface area contributed by atoms with Crippen molar-refractivity contribution >= 4 is 17.5 Å². The van der Waals surface area contributed by atoms with Crippen molar-refractivity contribution < 1.29 is 9.53 Å². The summed E-state index contributed by atoms with van der Waals surface area (Å²) in [4.78, 5) is 31.9. The first-order valence-corrected chi connectivity index (χ1v) is 9.19. The van der Waals surface area contributed by atoms with Crippen LogP contribution in [0.2, 0.25) is 0 Å². The van der Waals surface area contributed by atoms with Crippen LogP contribution in [0.15, 0.2) is 29.1 Å². The van der Waals surface area contributed by atoms with Crippen molar-refractivity contribution in [1.82, 2.24) is 9.55 Å². The first-order valence-electron chi connectivity index (χ1n) is 9.19. The Morgan fingerprint density at radius 2 is 1.96 bits per heavy atom. The first-order chi connectivity index (χ1) is 13.0. The zero-order chi connectivity index (χ0) is 19.4. The Morgan fingerprint density at radius 1 is 1.22 bits per heavy atom. The third-order valence-corrected chi connectivity index (χ3v) is 4.69. The number of rotatable bonds is 6. The van der Waals surface area contributed by atoms with Gasteiger partial charge in [0.25, 0.3) is 5.56 Å². The van der Waals surface area contributed by atoms with Crippen LogP contribution in [0.5, 0.6) is 0 Å². The van der Waals surface area contributed by atoms with Gasteiger partial charge in [-0.1, -0.05) is 12.1 Å². The summed E-state index contributed by atoms with van der Waals surface area (Å²) >= 11 is 0. The molecule has 2 heterocycles. The molecule has 1 aliphatic rings. The van der Waals surface area contributed by atoms with Crippen LogP contribution < -0.4 is 15.8 Å². The highest BCUT2D eigenvalue weighted by Gasteiger charge is 2.21. The number of ether oxygens (including phenoxy) is 1. The summed E-state index contributed by atoms with van der Waals surface area (Å²) < 4.78 is 6.57. The summed E-state index contributed by atoms with van der Waals surface area (Å²) in [5.74, 6) is 0.302. The standard InChI is InChI=1S/C20H26N4O3/c1-14-6-7-15(2)17(10-14)22-18(25)12-24-19(26)11-16(13-27-3)21-20(24)23-8-4-5-9-23/h6-7,10-11H,4-5,8-9,12-13H2,1-3H3,(H,22,25). The number of carbonyl (C=O) groups excluding carboxylic acids is 1. The van der Waals surface area contributed by atoms with Gasteiger partial charge in [-0.05, 0) is 43.9 Å². The molecule has 0 atom stereocenters. The molecule has 0 unspecified atom stereocenters. The van der Waals surface area contributed by atoms with E-state index >= 15 is 0 Å². The predicted molar refractivity (Wildman–Crippen MR) is 105 cm³/mol. The Balaban J connectivity index is 1.87. The predicted octanol–water partition coefficient (Wildman–Crippen LogP) is 2.25. The van der Waals surface area contributed by atoms with Gasteiger partial charge in [-0.3, -0.25) is 14.2 Å². The van der Waals surface area contributed by atoms with Crippen molar-refractivity contribution in [2.24, 2.45) is 0 Å². The average molecular weight is 370 g/mol. The Hall–Kier alpha value is -2.67. The molecule has 2 aromatic rings. The van der Waals surface area contributed by atoms with Crippen LogP contribution in [0.1, 0.15) is 29.7 Å². The number of nitrogens with zero attached hydrogens (tertiary/aromatic N) is 3. The number of nitrogens with one attached hydrogen (secondary N) is 1. The zero-order valence-corrected chi connectivity index (χ0v) is 16.1. The lowest BCUT2D eigenvalue weighted by Gasteiger charge is -2.22.